The third kappa shape index (κ3) is 3.81. The summed E-state index contributed by atoms with van der Waals surface area (Å²) in [6.45, 7) is 0. The van der Waals surface area contributed by atoms with Gasteiger partial charge in [0.2, 0.25) is 5.88 Å². The highest BCUT2D eigenvalue weighted by atomic mass is 32.2. The van der Waals surface area contributed by atoms with Crippen molar-refractivity contribution in [2.75, 3.05) is 4.72 Å². The fourth-order valence-corrected chi connectivity index (χ4v) is 1.83. The minimum Gasteiger partial charge on any atom is -0.439 e. The molecular formula is C11H8F3N3O3S. The van der Waals surface area contributed by atoms with Gasteiger partial charge in [0, 0.05) is 18.0 Å². The molecular weight excluding hydrogens is 311 g/mol. The smallest absolute Gasteiger partial charge is 0.439 e. The number of benzene rings is 1. The minimum atomic E-state index is -5.43. The summed E-state index contributed by atoms with van der Waals surface area (Å²) in [7, 11) is -5.43. The number of hydrogen-bond acceptors (Lipinski definition) is 5. The summed E-state index contributed by atoms with van der Waals surface area (Å²) in [5, 5.41) is 0. The van der Waals surface area contributed by atoms with E-state index in [0.29, 0.717) is 0 Å². The van der Waals surface area contributed by atoms with Crippen LogP contribution >= 0.6 is 0 Å². The molecule has 1 N–H and O–H groups in total. The monoisotopic (exact) mass is 319 g/mol. The first kappa shape index (κ1) is 15.0. The van der Waals surface area contributed by atoms with Crippen LogP contribution in [-0.4, -0.2) is 23.9 Å². The van der Waals surface area contributed by atoms with Gasteiger partial charge >= 0.3 is 15.5 Å². The van der Waals surface area contributed by atoms with Gasteiger partial charge in [0.05, 0.1) is 0 Å². The van der Waals surface area contributed by atoms with E-state index < -0.39 is 15.5 Å². The fraction of sp³-hybridized carbons (Fsp3) is 0.0909. The van der Waals surface area contributed by atoms with Gasteiger partial charge in [0.1, 0.15) is 12.1 Å². The van der Waals surface area contributed by atoms with Crippen LogP contribution in [0.2, 0.25) is 0 Å². The maximum Gasteiger partial charge on any atom is 0.516 e. The van der Waals surface area contributed by atoms with E-state index in [0.717, 1.165) is 12.1 Å². The topological polar surface area (TPSA) is 81.2 Å². The third-order valence-electron chi connectivity index (χ3n) is 2.19. The van der Waals surface area contributed by atoms with Gasteiger partial charge in [-0.25, -0.2) is 9.97 Å². The number of ether oxygens (including phenoxy) is 1. The molecule has 0 radical (unpaired) electrons. The first-order chi connectivity index (χ1) is 9.78. The molecule has 0 aliphatic carbocycles. The zero-order valence-corrected chi connectivity index (χ0v) is 11.0. The molecule has 21 heavy (non-hydrogen) atoms. The third-order valence-corrected chi connectivity index (χ3v) is 3.30. The van der Waals surface area contributed by atoms with E-state index in [4.69, 9.17) is 4.74 Å². The molecule has 6 nitrogen and oxygen atoms in total. The second-order valence-corrected chi connectivity index (χ2v) is 5.40. The van der Waals surface area contributed by atoms with Crippen LogP contribution in [0.1, 0.15) is 0 Å². The Morgan fingerprint density at radius 1 is 1.10 bits per heavy atom. The summed E-state index contributed by atoms with van der Waals surface area (Å²) < 4.78 is 65.1. The van der Waals surface area contributed by atoms with Crippen molar-refractivity contribution in [3.05, 3.63) is 42.9 Å². The molecule has 1 heterocycles. The van der Waals surface area contributed by atoms with Gasteiger partial charge < -0.3 is 4.74 Å². The molecule has 0 atom stereocenters. The number of sulfonamides is 1. The van der Waals surface area contributed by atoms with Gasteiger partial charge in [-0.05, 0) is 24.3 Å². The molecule has 10 heteroatoms. The van der Waals surface area contributed by atoms with E-state index in [2.05, 4.69) is 9.97 Å². The van der Waals surface area contributed by atoms with Crippen molar-refractivity contribution >= 4 is 15.7 Å². The maximum atomic E-state index is 12.2. The first-order valence-corrected chi connectivity index (χ1v) is 6.89. The van der Waals surface area contributed by atoms with Crippen molar-refractivity contribution in [1.29, 1.82) is 0 Å². The number of alkyl halides is 3. The number of anilines is 1. The molecule has 0 saturated heterocycles. The van der Waals surface area contributed by atoms with E-state index in [1.54, 1.807) is 0 Å². The Morgan fingerprint density at radius 2 is 1.76 bits per heavy atom. The number of rotatable bonds is 4. The highest BCUT2D eigenvalue weighted by Gasteiger charge is 2.45. The summed E-state index contributed by atoms with van der Waals surface area (Å²) in [5.74, 6) is 0.525. The summed E-state index contributed by atoms with van der Waals surface area (Å²) in [6, 6.07) is 6.37. The Kier molecular flexibility index (Phi) is 3.98. The molecule has 0 saturated carbocycles. The summed E-state index contributed by atoms with van der Waals surface area (Å²) in [4.78, 5) is 7.48. The molecule has 0 aliphatic rings. The molecule has 2 rings (SSSR count). The Morgan fingerprint density at radius 3 is 2.29 bits per heavy atom. The molecule has 0 unspecified atom stereocenters. The van der Waals surface area contributed by atoms with Crippen LogP contribution in [0.15, 0.2) is 42.9 Å². The summed E-state index contributed by atoms with van der Waals surface area (Å²) in [6.07, 6.45) is 2.72. The Balaban J connectivity index is 2.10. The average molecular weight is 319 g/mol. The second kappa shape index (κ2) is 5.56. The SMILES string of the molecule is O=S(=O)(Nc1ccc(Oc2ccncn2)cc1)C(F)(F)F. The quantitative estimate of drug-likeness (QED) is 0.936. The minimum absolute atomic E-state index is 0.234. The van der Waals surface area contributed by atoms with Crippen molar-refractivity contribution in [3.8, 4) is 11.6 Å². The van der Waals surface area contributed by atoms with Gasteiger partial charge in [0.15, 0.2) is 0 Å². The Bertz CT molecular complexity index is 703. The van der Waals surface area contributed by atoms with E-state index in [-0.39, 0.29) is 17.3 Å². The van der Waals surface area contributed by atoms with Gasteiger partial charge in [-0.15, -0.1) is 0 Å². The van der Waals surface area contributed by atoms with Crippen LogP contribution in [-0.2, 0) is 10.0 Å². The van der Waals surface area contributed by atoms with Crippen molar-refractivity contribution in [1.82, 2.24) is 9.97 Å². The number of nitrogens with zero attached hydrogens (tertiary/aromatic N) is 2. The molecule has 1 aromatic carbocycles. The van der Waals surface area contributed by atoms with E-state index in [1.165, 1.54) is 35.4 Å². The lowest BCUT2D eigenvalue weighted by molar-refractivity contribution is -0.0429. The van der Waals surface area contributed by atoms with Crippen molar-refractivity contribution in [2.24, 2.45) is 0 Å². The lowest BCUT2D eigenvalue weighted by atomic mass is 10.3. The predicted molar refractivity (Wildman–Crippen MR) is 67.1 cm³/mol. The molecule has 0 aliphatic heterocycles. The zero-order chi connectivity index (χ0) is 15.5. The zero-order valence-electron chi connectivity index (χ0n) is 10.2. The van der Waals surface area contributed by atoms with Crippen LogP contribution in [0.4, 0.5) is 18.9 Å². The van der Waals surface area contributed by atoms with Crippen LogP contribution in [0.25, 0.3) is 0 Å². The lowest BCUT2D eigenvalue weighted by Gasteiger charge is -2.11. The highest BCUT2D eigenvalue weighted by molar-refractivity contribution is 7.93. The molecule has 0 spiro atoms. The normalized spacial score (nSPS) is 12.0. The van der Waals surface area contributed by atoms with Crippen molar-refractivity contribution < 1.29 is 26.3 Å². The molecule has 1 aromatic heterocycles. The van der Waals surface area contributed by atoms with Crippen LogP contribution in [0.5, 0.6) is 11.6 Å². The summed E-state index contributed by atoms with van der Waals surface area (Å²) in [5.41, 5.74) is -5.61. The standard InChI is InChI=1S/C11H8F3N3O3S/c12-11(13,14)21(18,19)17-8-1-3-9(4-2-8)20-10-5-6-15-7-16-10/h1-7,17H. The highest BCUT2D eigenvalue weighted by Crippen LogP contribution is 2.27. The van der Waals surface area contributed by atoms with Crippen LogP contribution in [0.3, 0.4) is 0 Å². The molecule has 0 bridgehead atoms. The number of aromatic nitrogens is 2. The Hall–Kier alpha value is -2.36. The Labute approximate surface area is 117 Å². The predicted octanol–water partition coefficient (Wildman–Crippen LogP) is 2.53. The van der Waals surface area contributed by atoms with Crippen LogP contribution < -0.4 is 9.46 Å². The molecule has 0 fully saturated rings. The van der Waals surface area contributed by atoms with Crippen LogP contribution in [0, 0.1) is 0 Å². The summed E-state index contributed by atoms with van der Waals surface area (Å²) >= 11 is 0. The van der Waals surface area contributed by atoms with Crippen molar-refractivity contribution in [2.45, 2.75) is 5.51 Å². The van der Waals surface area contributed by atoms with Crippen molar-refractivity contribution in [3.63, 3.8) is 0 Å². The average Bonchev–Trinajstić information content (AvgIpc) is 2.41. The maximum absolute atomic E-state index is 12.2. The number of nitrogens with one attached hydrogen (secondary N) is 1. The number of hydrogen-bond donors (Lipinski definition) is 1. The molecule has 0 amide bonds. The first-order valence-electron chi connectivity index (χ1n) is 5.41. The number of halogens is 3. The van der Waals surface area contributed by atoms with Gasteiger partial charge in [-0.2, -0.15) is 21.6 Å². The van der Waals surface area contributed by atoms with Gasteiger partial charge in [-0.1, -0.05) is 0 Å². The largest absolute Gasteiger partial charge is 0.516 e. The molecule has 2 aromatic rings. The lowest BCUT2D eigenvalue weighted by Crippen LogP contribution is -2.29. The fourth-order valence-electron chi connectivity index (χ4n) is 1.26. The molecule has 112 valence electrons. The van der Waals surface area contributed by atoms with E-state index >= 15 is 0 Å². The van der Waals surface area contributed by atoms with E-state index in [1.807, 2.05) is 0 Å². The second-order valence-electron chi connectivity index (χ2n) is 3.73. The van der Waals surface area contributed by atoms with Gasteiger partial charge in [-0.3, -0.25) is 4.72 Å². The van der Waals surface area contributed by atoms with Gasteiger partial charge in [0.25, 0.3) is 0 Å². The van der Waals surface area contributed by atoms with E-state index in [9.17, 15) is 21.6 Å².